The minimum absolute atomic E-state index is 0.125. The van der Waals surface area contributed by atoms with Crippen LogP contribution in [0.3, 0.4) is 0 Å². The molecule has 0 unspecified atom stereocenters. The number of Topliss-reactive ketones (excluding diaryl/α,β-unsaturated/α-hetero) is 1. The van der Waals surface area contributed by atoms with Crippen LogP contribution >= 0.6 is 0 Å². The number of carbonyl (C=O) groups excluding carboxylic acids is 1. The van der Waals surface area contributed by atoms with E-state index in [9.17, 15) is 4.79 Å². The summed E-state index contributed by atoms with van der Waals surface area (Å²) in [7, 11) is 0. The fourth-order valence-corrected chi connectivity index (χ4v) is 0.788. The average Bonchev–Trinajstić information content (AvgIpc) is 2.24. The fraction of sp³-hybridized carbons (Fsp3) is 0.308. The SMILES string of the molecule is C=C.CC.CC(=O)c1ccc(C)cc1. The number of benzene rings is 1. The van der Waals surface area contributed by atoms with Gasteiger partial charge in [-0.05, 0) is 13.8 Å². The molecule has 0 radical (unpaired) electrons. The van der Waals surface area contributed by atoms with E-state index in [2.05, 4.69) is 13.2 Å². The molecule has 0 fully saturated rings. The molecule has 1 rings (SSSR count). The van der Waals surface area contributed by atoms with Crippen LogP contribution in [0, 0.1) is 6.92 Å². The molecule has 0 aliphatic heterocycles. The summed E-state index contributed by atoms with van der Waals surface area (Å²) in [5.41, 5.74) is 1.97. The molecular weight excluding hydrogens is 172 g/mol. The minimum atomic E-state index is 0.125. The maximum atomic E-state index is 10.8. The first-order valence-electron chi connectivity index (χ1n) is 4.78. The van der Waals surface area contributed by atoms with Gasteiger partial charge in [-0.1, -0.05) is 43.7 Å². The van der Waals surface area contributed by atoms with Gasteiger partial charge in [0.15, 0.2) is 5.78 Å². The zero-order valence-corrected chi connectivity index (χ0v) is 9.63. The van der Waals surface area contributed by atoms with Crippen LogP contribution < -0.4 is 0 Å². The van der Waals surface area contributed by atoms with E-state index in [-0.39, 0.29) is 5.78 Å². The van der Waals surface area contributed by atoms with Gasteiger partial charge in [-0.2, -0.15) is 0 Å². The smallest absolute Gasteiger partial charge is 0.159 e. The van der Waals surface area contributed by atoms with Crippen molar-refractivity contribution in [3.63, 3.8) is 0 Å². The average molecular weight is 192 g/mol. The highest BCUT2D eigenvalue weighted by molar-refractivity contribution is 5.93. The molecule has 0 heterocycles. The van der Waals surface area contributed by atoms with E-state index < -0.39 is 0 Å². The van der Waals surface area contributed by atoms with Crippen LogP contribution in [0.25, 0.3) is 0 Å². The summed E-state index contributed by atoms with van der Waals surface area (Å²) in [6.45, 7) is 13.6. The Balaban J connectivity index is 0. The Labute approximate surface area is 87.5 Å². The maximum absolute atomic E-state index is 10.8. The van der Waals surface area contributed by atoms with E-state index in [1.165, 1.54) is 5.56 Å². The Bertz CT molecular complexity index is 246. The van der Waals surface area contributed by atoms with Crippen LogP contribution in [0.4, 0.5) is 0 Å². The number of hydrogen-bond acceptors (Lipinski definition) is 1. The number of hydrogen-bond donors (Lipinski definition) is 0. The molecule has 0 N–H and O–H groups in total. The second-order valence-electron chi connectivity index (χ2n) is 2.42. The van der Waals surface area contributed by atoms with Gasteiger partial charge in [-0.15, -0.1) is 13.2 Å². The standard InChI is InChI=1S/C9H10O.C2H6.C2H4/c1-7-3-5-9(6-4-7)8(2)10;2*1-2/h3-6H,1-2H3;1-2H3;1-2H2. The lowest BCUT2D eigenvalue weighted by atomic mass is 10.1. The molecule has 0 spiro atoms. The molecule has 0 atom stereocenters. The Morgan fingerprint density at radius 2 is 1.43 bits per heavy atom. The summed E-state index contributed by atoms with van der Waals surface area (Å²) in [6, 6.07) is 7.57. The number of ketones is 1. The van der Waals surface area contributed by atoms with Crippen LogP contribution in [0.5, 0.6) is 0 Å². The molecule has 78 valence electrons. The molecule has 0 saturated heterocycles. The summed E-state index contributed by atoms with van der Waals surface area (Å²) < 4.78 is 0. The van der Waals surface area contributed by atoms with E-state index in [0.717, 1.165) is 5.56 Å². The number of carbonyl (C=O) groups is 1. The van der Waals surface area contributed by atoms with Crippen molar-refractivity contribution in [1.82, 2.24) is 0 Å². The molecule has 0 aliphatic carbocycles. The van der Waals surface area contributed by atoms with Crippen molar-refractivity contribution in [2.24, 2.45) is 0 Å². The van der Waals surface area contributed by atoms with Gasteiger partial charge in [0.2, 0.25) is 0 Å². The lowest BCUT2D eigenvalue weighted by molar-refractivity contribution is 0.101. The Hall–Kier alpha value is -1.37. The third-order valence-corrected chi connectivity index (χ3v) is 1.46. The minimum Gasteiger partial charge on any atom is -0.295 e. The predicted octanol–water partition coefficient (Wildman–Crippen LogP) is 4.03. The van der Waals surface area contributed by atoms with E-state index in [1.807, 2.05) is 45.0 Å². The first-order valence-corrected chi connectivity index (χ1v) is 4.78. The number of aryl methyl sites for hydroxylation is 1. The largest absolute Gasteiger partial charge is 0.295 e. The van der Waals surface area contributed by atoms with Crippen molar-refractivity contribution in [2.45, 2.75) is 27.7 Å². The van der Waals surface area contributed by atoms with Gasteiger partial charge in [0, 0.05) is 5.56 Å². The highest BCUT2D eigenvalue weighted by Crippen LogP contribution is 2.02. The normalized spacial score (nSPS) is 7.43. The molecular formula is C13H20O. The van der Waals surface area contributed by atoms with E-state index in [0.29, 0.717) is 0 Å². The molecule has 1 aromatic carbocycles. The molecule has 1 aromatic rings. The van der Waals surface area contributed by atoms with Crippen molar-refractivity contribution in [1.29, 1.82) is 0 Å². The van der Waals surface area contributed by atoms with Gasteiger partial charge in [-0.3, -0.25) is 4.79 Å². The molecule has 0 aromatic heterocycles. The zero-order chi connectivity index (χ0) is 11.6. The van der Waals surface area contributed by atoms with Gasteiger partial charge in [-0.25, -0.2) is 0 Å². The number of rotatable bonds is 1. The first-order chi connectivity index (χ1) is 6.70. The fourth-order valence-electron chi connectivity index (χ4n) is 0.788. The predicted molar refractivity (Wildman–Crippen MR) is 63.8 cm³/mol. The van der Waals surface area contributed by atoms with Gasteiger partial charge in [0.05, 0.1) is 0 Å². The van der Waals surface area contributed by atoms with Crippen molar-refractivity contribution in [3.8, 4) is 0 Å². The highest BCUT2D eigenvalue weighted by atomic mass is 16.1. The van der Waals surface area contributed by atoms with E-state index in [4.69, 9.17) is 0 Å². The zero-order valence-electron chi connectivity index (χ0n) is 9.63. The van der Waals surface area contributed by atoms with Crippen LogP contribution in [0.2, 0.25) is 0 Å². The first kappa shape index (κ1) is 15.1. The monoisotopic (exact) mass is 192 g/mol. The van der Waals surface area contributed by atoms with Gasteiger partial charge < -0.3 is 0 Å². The summed E-state index contributed by atoms with van der Waals surface area (Å²) in [5.74, 6) is 0.125. The van der Waals surface area contributed by atoms with Gasteiger partial charge in [0.1, 0.15) is 0 Å². The molecule has 14 heavy (non-hydrogen) atoms. The maximum Gasteiger partial charge on any atom is 0.159 e. The van der Waals surface area contributed by atoms with Crippen LogP contribution in [0.1, 0.15) is 36.7 Å². The second-order valence-corrected chi connectivity index (χ2v) is 2.42. The summed E-state index contributed by atoms with van der Waals surface area (Å²) in [6.07, 6.45) is 0. The van der Waals surface area contributed by atoms with Crippen molar-refractivity contribution in [2.75, 3.05) is 0 Å². The van der Waals surface area contributed by atoms with Crippen LogP contribution in [-0.4, -0.2) is 5.78 Å². The Morgan fingerprint density at radius 3 is 1.71 bits per heavy atom. The van der Waals surface area contributed by atoms with Crippen molar-refractivity contribution >= 4 is 5.78 Å². The van der Waals surface area contributed by atoms with Gasteiger partial charge >= 0.3 is 0 Å². The van der Waals surface area contributed by atoms with Crippen LogP contribution in [-0.2, 0) is 0 Å². The Morgan fingerprint density at radius 1 is 1.07 bits per heavy atom. The highest BCUT2D eigenvalue weighted by Gasteiger charge is 1.95. The molecule has 1 heteroatoms. The van der Waals surface area contributed by atoms with Crippen LogP contribution in [0.15, 0.2) is 37.4 Å². The topological polar surface area (TPSA) is 17.1 Å². The summed E-state index contributed by atoms with van der Waals surface area (Å²) in [5, 5.41) is 0. The van der Waals surface area contributed by atoms with Crippen molar-refractivity contribution < 1.29 is 4.79 Å². The molecule has 0 aliphatic rings. The van der Waals surface area contributed by atoms with E-state index in [1.54, 1.807) is 6.92 Å². The summed E-state index contributed by atoms with van der Waals surface area (Å²) >= 11 is 0. The molecule has 0 bridgehead atoms. The molecule has 1 nitrogen and oxygen atoms in total. The summed E-state index contributed by atoms with van der Waals surface area (Å²) in [4.78, 5) is 10.8. The third-order valence-electron chi connectivity index (χ3n) is 1.46. The Kier molecular flexibility index (Phi) is 10.5. The quantitative estimate of drug-likeness (QED) is 0.485. The lowest BCUT2D eigenvalue weighted by Crippen LogP contribution is -1.90. The lowest BCUT2D eigenvalue weighted by Gasteiger charge is -1.93. The molecule has 0 saturated carbocycles. The molecule has 0 amide bonds. The third kappa shape index (κ3) is 6.18. The van der Waals surface area contributed by atoms with Crippen molar-refractivity contribution in [3.05, 3.63) is 48.6 Å². The second kappa shape index (κ2) is 9.72. The van der Waals surface area contributed by atoms with Gasteiger partial charge in [0.25, 0.3) is 0 Å². The van der Waals surface area contributed by atoms with E-state index >= 15 is 0 Å².